The predicted molar refractivity (Wildman–Crippen MR) is 49.4 cm³/mol. The molecular weight excluding hydrogens is 215 g/mol. The molecule has 0 amide bonds. The summed E-state index contributed by atoms with van der Waals surface area (Å²) < 4.78 is 38.8. The van der Waals surface area contributed by atoms with Crippen LogP contribution in [-0.2, 0) is 0 Å². The Bertz CT molecular complexity index is 377. The highest BCUT2D eigenvalue weighted by Crippen LogP contribution is 2.25. The molecule has 1 aromatic carbocycles. The second-order valence-electron chi connectivity index (χ2n) is 2.52. The predicted octanol–water partition coefficient (Wildman–Crippen LogP) is 2.73. The molecule has 0 saturated heterocycles. The van der Waals surface area contributed by atoms with Gasteiger partial charge < -0.3 is 5.73 Å². The van der Waals surface area contributed by atoms with Crippen LogP contribution in [0.4, 0.5) is 13.2 Å². The third-order valence-electron chi connectivity index (χ3n) is 1.57. The molecule has 14 heavy (non-hydrogen) atoms. The first-order chi connectivity index (χ1) is 6.57. The summed E-state index contributed by atoms with van der Waals surface area (Å²) in [6.07, 6.45) is 2.46. The number of nitrogens with two attached hydrogens (primary N) is 1. The first kappa shape index (κ1) is 11.1. The molecule has 0 aliphatic carbocycles. The van der Waals surface area contributed by atoms with Crippen molar-refractivity contribution >= 4 is 17.7 Å². The summed E-state index contributed by atoms with van der Waals surface area (Å²) in [5.41, 5.74) is 4.72. The summed E-state index contributed by atoms with van der Waals surface area (Å²) in [5, 5.41) is -0.719. The van der Waals surface area contributed by atoms with E-state index in [9.17, 15) is 13.2 Å². The van der Waals surface area contributed by atoms with Gasteiger partial charge in [0.05, 0.1) is 0 Å². The number of hydrogen-bond acceptors (Lipinski definition) is 1. The van der Waals surface area contributed by atoms with Crippen LogP contribution in [-0.4, -0.2) is 6.54 Å². The molecule has 0 aliphatic heterocycles. The molecule has 0 unspecified atom stereocenters. The molecule has 0 fully saturated rings. The van der Waals surface area contributed by atoms with Crippen LogP contribution in [0.15, 0.2) is 12.1 Å². The van der Waals surface area contributed by atoms with Gasteiger partial charge in [-0.25, -0.2) is 13.2 Å². The quantitative estimate of drug-likeness (QED) is 0.603. The smallest absolute Gasteiger partial charge is 0.154 e. The van der Waals surface area contributed by atoms with Crippen molar-refractivity contribution in [1.82, 2.24) is 0 Å². The van der Waals surface area contributed by atoms with Crippen LogP contribution in [0.2, 0.25) is 5.02 Å². The molecule has 0 radical (unpaired) electrons. The highest BCUT2D eigenvalue weighted by atomic mass is 35.5. The molecule has 0 spiro atoms. The van der Waals surface area contributed by atoms with E-state index in [1.54, 1.807) is 0 Å². The first-order valence-electron chi connectivity index (χ1n) is 3.77. The van der Waals surface area contributed by atoms with Gasteiger partial charge in [0.1, 0.15) is 16.7 Å². The molecule has 2 N–H and O–H groups in total. The zero-order valence-electron chi connectivity index (χ0n) is 7.03. The van der Waals surface area contributed by atoms with Crippen LogP contribution in [0, 0.1) is 17.5 Å². The van der Waals surface area contributed by atoms with Crippen molar-refractivity contribution in [1.29, 1.82) is 0 Å². The van der Waals surface area contributed by atoms with Crippen molar-refractivity contribution in [2.24, 2.45) is 5.73 Å². The van der Waals surface area contributed by atoms with E-state index in [1.165, 1.54) is 6.08 Å². The van der Waals surface area contributed by atoms with Gasteiger partial charge in [-0.05, 0) is 0 Å². The van der Waals surface area contributed by atoms with Crippen molar-refractivity contribution in [2.45, 2.75) is 0 Å². The third kappa shape index (κ3) is 2.08. The molecule has 0 saturated carbocycles. The van der Waals surface area contributed by atoms with Gasteiger partial charge >= 0.3 is 0 Å². The Hall–Kier alpha value is -1.00. The van der Waals surface area contributed by atoms with Gasteiger partial charge in [-0.3, -0.25) is 0 Å². The minimum atomic E-state index is -1.12. The number of halogens is 4. The summed E-state index contributed by atoms with van der Waals surface area (Å²) in [6, 6.07) is 0.529. The Morgan fingerprint density at radius 2 is 1.93 bits per heavy atom. The van der Waals surface area contributed by atoms with Gasteiger partial charge in [0.25, 0.3) is 0 Å². The van der Waals surface area contributed by atoms with E-state index in [1.807, 2.05) is 0 Å². The van der Waals surface area contributed by atoms with E-state index in [-0.39, 0.29) is 12.1 Å². The topological polar surface area (TPSA) is 26.0 Å². The average molecular weight is 222 g/mol. The highest BCUT2D eigenvalue weighted by molar-refractivity contribution is 6.31. The van der Waals surface area contributed by atoms with Crippen LogP contribution in [0.5, 0.6) is 0 Å². The molecule has 0 atom stereocenters. The van der Waals surface area contributed by atoms with Crippen molar-refractivity contribution < 1.29 is 13.2 Å². The van der Waals surface area contributed by atoms with Gasteiger partial charge in [0.15, 0.2) is 5.82 Å². The molecule has 0 bridgehead atoms. The fraction of sp³-hybridized carbons (Fsp3) is 0.111. The van der Waals surface area contributed by atoms with E-state index in [0.717, 1.165) is 6.08 Å². The van der Waals surface area contributed by atoms with Crippen molar-refractivity contribution in [3.63, 3.8) is 0 Å². The standard InChI is InChI=1S/C9H7ClF3N/c10-8-7(12)4-6(11)5(9(8)13)2-1-3-14/h1-2,4H,3,14H2/b2-1+. The van der Waals surface area contributed by atoms with Crippen LogP contribution >= 0.6 is 11.6 Å². The molecule has 76 valence electrons. The average Bonchev–Trinajstić information content (AvgIpc) is 2.14. The lowest BCUT2D eigenvalue weighted by Crippen LogP contribution is -1.96. The molecule has 5 heteroatoms. The maximum atomic E-state index is 13.1. The SMILES string of the molecule is NC/C=C/c1c(F)cc(F)c(Cl)c1F. The summed E-state index contributed by atoms with van der Waals surface area (Å²) in [5.74, 6) is -3.24. The van der Waals surface area contributed by atoms with Crippen molar-refractivity contribution in [3.8, 4) is 0 Å². The molecular formula is C9H7ClF3N. The zero-order valence-corrected chi connectivity index (χ0v) is 7.78. The van der Waals surface area contributed by atoms with Gasteiger partial charge in [-0.2, -0.15) is 0 Å². The van der Waals surface area contributed by atoms with Crippen LogP contribution in [0.3, 0.4) is 0 Å². The molecule has 0 heterocycles. The molecule has 0 aliphatic rings. The fourth-order valence-electron chi connectivity index (χ4n) is 0.919. The van der Waals surface area contributed by atoms with Gasteiger partial charge in [0, 0.05) is 18.2 Å². The van der Waals surface area contributed by atoms with Crippen LogP contribution < -0.4 is 5.73 Å². The van der Waals surface area contributed by atoms with E-state index in [0.29, 0.717) is 6.07 Å². The minimum Gasteiger partial charge on any atom is -0.327 e. The monoisotopic (exact) mass is 221 g/mol. The van der Waals surface area contributed by atoms with E-state index in [2.05, 4.69) is 0 Å². The lowest BCUT2D eigenvalue weighted by Gasteiger charge is -2.02. The van der Waals surface area contributed by atoms with E-state index < -0.39 is 22.5 Å². The lowest BCUT2D eigenvalue weighted by atomic mass is 10.1. The summed E-state index contributed by atoms with van der Waals surface area (Å²) in [4.78, 5) is 0. The molecule has 1 rings (SSSR count). The van der Waals surface area contributed by atoms with Gasteiger partial charge in [-0.15, -0.1) is 0 Å². The molecule has 1 aromatic rings. The highest BCUT2D eigenvalue weighted by Gasteiger charge is 2.14. The first-order valence-corrected chi connectivity index (χ1v) is 4.15. The van der Waals surface area contributed by atoms with Gasteiger partial charge in [-0.1, -0.05) is 23.8 Å². The second-order valence-corrected chi connectivity index (χ2v) is 2.90. The number of rotatable bonds is 2. The summed E-state index contributed by atoms with van der Waals surface area (Å²) in [7, 11) is 0. The van der Waals surface area contributed by atoms with Gasteiger partial charge in [0.2, 0.25) is 0 Å². The minimum absolute atomic E-state index is 0.133. The van der Waals surface area contributed by atoms with E-state index in [4.69, 9.17) is 17.3 Å². The number of hydrogen-bond donors (Lipinski definition) is 1. The van der Waals surface area contributed by atoms with Crippen LogP contribution in [0.1, 0.15) is 5.56 Å². The fourth-order valence-corrected chi connectivity index (χ4v) is 1.08. The summed E-state index contributed by atoms with van der Waals surface area (Å²) >= 11 is 5.25. The second kappa shape index (κ2) is 4.48. The van der Waals surface area contributed by atoms with Crippen molar-refractivity contribution in [3.05, 3.63) is 40.2 Å². The Morgan fingerprint density at radius 1 is 1.29 bits per heavy atom. The maximum absolute atomic E-state index is 13.1. The normalized spacial score (nSPS) is 11.2. The number of benzene rings is 1. The largest absolute Gasteiger partial charge is 0.327 e. The van der Waals surface area contributed by atoms with Crippen molar-refractivity contribution in [2.75, 3.05) is 6.54 Å². The molecule has 1 nitrogen and oxygen atoms in total. The zero-order chi connectivity index (χ0) is 10.7. The Balaban J connectivity index is 3.29. The molecule has 0 aromatic heterocycles. The maximum Gasteiger partial charge on any atom is 0.154 e. The lowest BCUT2D eigenvalue weighted by molar-refractivity contribution is 0.540. The Morgan fingerprint density at radius 3 is 2.50 bits per heavy atom. The summed E-state index contributed by atoms with van der Waals surface area (Å²) in [6.45, 7) is 0.133. The van der Waals surface area contributed by atoms with E-state index >= 15 is 0 Å². The third-order valence-corrected chi connectivity index (χ3v) is 1.92. The Kier molecular flexibility index (Phi) is 3.55. The Labute approximate surface area is 84.0 Å². The van der Waals surface area contributed by atoms with Crippen LogP contribution in [0.25, 0.3) is 6.08 Å².